The number of carbonyl (C=O) groups excluding carboxylic acids is 1. The maximum atomic E-state index is 13.9. The standard InChI is InChI=1S/C18H26FN3O3S.ClH/c1-21(15-6-10-20-11-7-15)18(23)14-8-12-22(13-9-14)26(24,25)17-5-3-2-4-16(17)19;/h2-5,14-15,20H,6-13H2,1H3;1H. The second-order valence-corrected chi connectivity index (χ2v) is 8.95. The number of carbonyl (C=O) groups is 1. The second-order valence-electron chi connectivity index (χ2n) is 7.04. The van der Waals surface area contributed by atoms with E-state index < -0.39 is 15.8 Å². The van der Waals surface area contributed by atoms with Crippen LogP contribution in [0.25, 0.3) is 0 Å². The average Bonchev–Trinajstić information content (AvgIpc) is 2.68. The van der Waals surface area contributed by atoms with Gasteiger partial charge in [-0.2, -0.15) is 4.31 Å². The van der Waals surface area contributed by atoms with Crippen molar-refractivity contribution < 1.29 is 17.6 Å². The fourth-order valence-electron chi connectivity index (χ4n) is 3.80. The number of rotatable bonds is 4. The van der Waals surface area contributed by atoms with Crippen LogP contribution in [0.5, 0.6) is 0 Å². The molecule has 152 valence electrons. The molecule has 2 aliphatic rings. The first kappa shape index (κ1) is 22.1. The van der Waals surface area contributed by atoms with Crippen LogP contribution in [0.3, 0.4) is 0 Å². The molecular weight excluding hydrogens is 393 g/mol. The summed E-state index contributed by atoms with van der Waals surface area (Å²) in [5.41, 5.74) is 0. The minimum absolute atomic E-state index is 0. The monoisotopic (exact) mass is 419 g/mol. The Morgan fingerprint density at radius 3 is 2.33 bits per heavy atom. The molecule has 6 nitrogen and oxygen atoms in total. The maximum Gasteiger partial charge on any atom is 0.245 e. The molecule has 1 aromatic carbocycles. The third-order valence-electron chi connectivity index (χ3n) is 5.46. The van der Waals surface area contributed by atoms with Gasteiger partial charge in [0.05, 0.1) is 0 Å². The molecule has 1 N–H and O–H groups in total. The first-order valence-electron chi connectivity index (χ1n) is 9.13. The summed E-state index contributed by atoms with van der Waals surface area (Å²) in [6.07, 6.45) is 2.84. The van der Waals surface area contributed by atoms with Crippen molar-refractivity contribution in [3.8, 4) is 0 Å². The molecule has 1 amide bonds. The lowest BCUT2D eigenvalue weighted by molar-refractivity contribution is -0.138. The van der Waals surface area contributed by atoms with Crippen LogP contribution in [0.1, 0.15) is 25.7 Å². The van der Waals surface area contributed by atoms with Gasteiger partial charge in [0.15, 0.2) is 0 Å². The molecule has 2 aliphatic heterocycles. The Labute approximate surface area is 166 Å². The summed E-state index contributed by atoms with van der Waals surface area (Å²) in [6, 6.07) is 5.67. The van der Waals surface area contributed by atoms with E-state index in [9.17, 15) is 17.6 Å². The molecule has 27 heavy (non-hydrogen) atoms. The molecule has 0 spiro atoms. The molecule has 0 saturated carbocycles. The normalized spacial score (nSPS) is 20.1. The van der Waals surface area contributed by atoms with E-state index >= 15 is 0 Å². The van der Waals surface area contributed by atoms with Crippen LogP contribution in [-0.2, 0) is 14.8 Å². The van der Waals surface area contributed by atoms with Gasteiger partial charge < -0.3 is 10.2 Å². The van der Waals surface area contributed by atoms with Gasteiger partial charge in [-0.3, -0.25) is 4.79 Å². The average molecular weight is 420 g/mol. The summed E-state index contributed by atoms with van der Waals surface area (Å²) >= 11 is 0. The van der Waals surface area contributed by atoms with E-state index in [1.165, 1.54) is 22.5 Å². The summed E-state index contributed by atoms with van der Waals surface area (Å²) in [6.45, 7) is 2.32. The van der Waals surface area contributed by atoms with E-state index in [2.05, 4.69) is 5.32 Å². The lowest BCUT2D eigenvalue weighted by Gasteiger charge is -2.36. The fraction of sp³-hybridized carbons (Fsp3) is 0.611. The number of sulfonamides is 1. The highest BCUT2D eigenvalue weighted by Crippen LogP contribution is 2.27. The van der Waals surface area contributed by atoms with Crippen molar-refractivity contribution in [1.82, 2.24) is 14.5 Å². The van der Waals surface area contributed by atoms with Crippen molar-refractivity contribution in [2.24, 2.45) is 5.92 Å². The van der Waals surface area contributed by atoms with Crippen LogP contribution in [0.15, 0.2) is 29.2 Å². The molecule has 2 fully saturated rings. The van der Waals surface area contributed by atoms with Crippen LogP contribution in [0.2, 0.25) is 0 Å². The molecule has 0 atom stereocenters. The van der Waals surface area contributed by atoms with Gasteiger partial charge in [-0.15, -0.1) is 12.4 Å². The van der Waals surface area contributed by atoms with E-state index in [-0.39, 0.29) is 48.3 Å². The highest BCUT2D eigenvalue weighted by atomic mass is 35.5. The molecule has 2 saturated heterocycles. The summed E-state index contributed by atoms with van der Waals surface area (Å²) in [4.78, 5) is 14.3. The van der Waals surface area contributed by atoms with Gasteiger partial charge >= 0.3 is 0 Å². The predicted molar refractivity (Wildman–Crippen MR) is 104 cm³/mol. The largest absolute Gasteiger partial charge is 0.342 e. The molecule has 0 unspecified atom stereocenters. The second kappa shape index (κ2) is 9.32. The molecule has 0 radical (unpaired) electrons. The zero-order valence-electron chi connectivity index (χ0n) is 15.4. The number of nitrogens with zero attached hydrogens (tertiary/aromatic N) is 2. The maximum absolute atomic E-state index is 13.9. The van der Waals surface area contributed by atoms with Crippen LogP contribution in [0, 0.1) is 11.7 Å². The molecule has 1 aromatic rings. The van der Waals surface area contributed by atoms with Crippen LogP contribution >= 0.6 is 12.4 Å². The Hall–Kier alpha value is -1.22. The number of hydrogen-bond donors (Lipinski definition) is 1. The molecule has 0 aromatic heterocycles. The number of amides is 1. The third kappa shape index (κ3) is 4.80. The Morgan fingerprint density at radius 1 is 1.15 bits per heavy atom. The summed E-state index contributed by atoms with van der Waals surface area (Å²) in [5, 5.41) is 3.29. The van der Waals surface area contributed by atoms with E-state index in [4.69, 9.17) is 0 Å². The number of nitrogens with one attached hydrogen (secondary N) is 1. The zero-order chi connectivity index (χ0) is 18.7. The summed E-state index contributed by atoms with van der Waals surface area (Å²) in [5.74, 6) is -0.807. The van der Waals surface area contributed by atoms with Crippen molar-refractivity contribution in [3.63, 3.8) is 0 Å². The summed E-state index contributed by atoms with van der Waals surface area (Å²) in [7, 11) is -2.01. The van der Waals surface area contributed by atoms with Gasteiger partial charge in [0, 0.05) is 32.1 Å². The molecule has 0 aliphatic carbocycles. The van der Waals surface area contributed by atoms with Crippen LogP contribution in [0.4, 0.5) is 4.39 Å². The third-order valence-corrected chi connectivity index (χ3v) is 7.39. The topological polar surface area (TPSA) is 69.7 Å². The Kier molecular flexibility index (Phi) is 7.62. The molecule has 0 bridgehead atoms. The Morgan fingerprint density at radius 2 is 1.74 bits per heavy atom. The van der Waals surface area contributed by atoms with Gasteiger partial charge in [0.2, 0.25) is 15.9 Å². The lowest BCUT2D eigenvalue weighted by atomic mass is 9.95. The quantitative estimate of drug-likeness (QED) is 0.808. The van der Waals surface area contributed by atoms with E-state index in [1.807, 2.05) is 11.9 Å². The van der Waals surface area contributed by atoms with Crippen molar-refractivity contribution >= 4 is 28.3 Å². The highest BCUT2D eigenvalue weighted by molar-refractivity contribution is 7.89. The minimum Gasteiger partial charge on any atom is -0.342 e. The number of hydrogen-bond acceptors (Lipinski definition) is 4. The fourth-order valence-corrected chi connectivity index (χ4v) is 5.33. The SMILES string of the molecule is CN(C(=O)C1CCN(S(=O)(=O)c2ccccc2F)CC1)C1CCNCC1.Cl. The van der Waals surface area contributed by atoms with Crippen molar-refractivity contribution in [3.05, 3.63) is 30.1 Å². The van der Waals surface area contributed by atoms with Crippen LogP contribution < -0.4 is 5.32 Å². The first-order chi connectivity index (χ1) is 12.4. The van der Waals surface area contributed by atoms with E-state index in [1.54, 1.807) is 0 Å². The minimum atomic E-state index is -3.86. The first-order valence-corrected chi connectivity index (χ1v) is 10.6. The van der Waals surface area contributed by atoms with Crippen LogP contribution in [-0.4, -0.2) is 62.8 Å². The smallest absolute Gasteiger partial charge is 0.245 e. The van der Waals surface area contributed by atoms with Gasteiger partial charge in [0.1, 0.15) is 10.7 Å². The van der Waals surface area contributed by atoms with Gasteiger partial charge in [-0.25, -0.2) is 12.8 Å². The Bertz CT molecular complexity index is 748. The zero-order valence-corrected chi connectivity index (χ0v) is 17.1. The number of benzene rings is 1. The van der Waals surface area contributed by atoms with Gasteiger partial charge in [-0.1, -0.05) is 12.1 Å². The van der Waals surface area contributed by atoms with Gasteiger partial charge in [0.25, 0.3) is 0 Å². The number of halogens is 2. The molecule has 9 heteroatoms. The molecule has 2 heterocycles. The Balaban J connectivity index is 0.00000261. The van der Waals surface area contributed by atoms with Crippen molar-refractivity contribution in [2.45, 2.75) is 36.6 Å². The molecular formula is C18H27ClFN3O3S. The van der Waals surface area contributed by atoms with Gasteiger partial charge in [-0.05, 0) is 50.9 Å². The summed E-state index contributed by atoms with van der Waals surface area (Å²) < 4.78 is 40.5. The van der Waals surface area contributed by atoms with Crippen molar-refractivity contribution in [2.75, 3.05) is 33.2 Å². The predicted octanol–water partition coefficient (Wildman–Crippen LogP) is 1.86. The van der Waals surface area contributed by atoms with Crippen molar-refractivity contribution in [1.29, 1.82) is 0 Å². The lowest BCUT2D eigenvalue weighted by Crippen LogP contribution is -2.48. The number of piperidine rings is 2. The highest BCUT2D eigenvalue weighted by Gasteiger charge is 2.35. The van der Waals surface area contributed by atoms with E-state index in [0.29, 0.717) is 12.8 Å². The van der Waals surface area contributed by atoms with E-state index in [0.717, 1.165) is 32.0 Å². The molecule has 3 rings (SSSR count).